The summed E-state index contributed by atoms with van der Waals surface area (Å²) in [5, 5.41) is 0. The Hall–Kier alpha value is -1.84. The summed E-state index contributed by atoms with van der Waals surface area (Å²) in [6, 6.07) is 6.48. The van der Waals surface area contributed by atoms with Gasteiger partial charge in [0.15, 0.2) is 0 Å². The molecule has 152 valence electrons. The highest BCUT2D eigenvalue weighted by Crippen LogP contribution is 2.22. The first-order valence-corrected chi connectivity index (χ1v) is 10.2. The Morgan fingerprint density at radius 1 is 0.889 bits per heavy atom. The van der Waals surface area contributed by atoms with Crippen LogP contribution < -0.4 is 0 Å². The average molecular weight is 377 g/mol. The second-order valence-electron chi connectivity index (χ2n) is 8.46. The van der Waals surface area contributed by atoms with E-state index in [1.54, 1.807) is 24.3 Å². The van der Waals surface area contributed by atoms with E-state index in [4.69, 9.17) is 9.47 Å². The predicted molar refractivity (Wildman–Crippen MR) is 109 cm³/mol. The maximum atomic E-state index is 12.2. The molecule has 0 heterocycles. The third-order valence-electron chi connectivity index (χ3n) is 4.30. The zero-order chi connectivity index (χ0) is 20.3. The quantitative estimate of drug-likeness (QED) is 0.341. The second-order valence-corrected chi connectivity index (χ2v) is 8.46. The van der Waals surface area contributed by atoms with Gasteiger partial charge in [-0.25, -0.2) is 9.59 Å². The van der Waals surface area contributed by atoms with Crippen LogP contribution in [0.25, 0.3) is 0 Å². The van der Waals surface area contributed by atoms with E-state index in [1.165, 1.54) is 25.7 Å². The Bertz CT molecular complexity index is 569. The van der Waals surface area contributed by atoms with E-state index in [1.807, 2.05) is 6.92 Å². The van der Waals surface area contributed by atoms with Gasteiger partial charge in [-0.05, 0) is 49.4 Å². The summed E-state index contributed by atoms with van der Waals surface area (Å²) < 4.78 is 10.8. The summed E-state index contributed by atoms with van der Waals surface area (Å²) in [4.78, 5) is 24.3. The number of unbranched alkanes of at least 4 members (excludes halogenated alkanes) is 5. The molecule has 0 bridgehead atoms. The summed E-state index contributed by atoms with van der Waals surface area (Å²) in [6.07, 6.45) is 7.56. The lowest BCUT2D eigenvalue weighted by atomic mass is 9.90. The maximum absolute atomic E-state index is 12.2. The number of esters is 2. The molecule has 1 unspecified atom stereocenters. The van der Waals surface area contributed by atoms with E-state index in [2.05, 4.69) is 27.7 Å². The second kappa shape index (κ2) is 11.8. The summed E-state index contributed by atoms with van der Waals surface area (Å²) in [5.74, 6) is -0.705. The van der Waals surface area contributed by atoms with E-state index < -0.39 is 0 Å². The molecule has 1 aromatic carbocycles. The molecule has 1 atom stereocenters. The molecule has 0 aliphatic carbocycles. The maximum Gasteiger partial charge on any atom is 0.338 e. The van der Waals surface area contributed by atoms with Crippen LogP contribution in [0.4, 0.5) is 0 Å². The van der Waals surface area contributed by atoms with Crippen LogP contribution in [-0.2, 0) is 9.47 Å². The number of benzene rings is 1. The zero-order valence-electron chi connectivity index (χ0n) is 17.7. The molecule has 0 radical (unpaired) electrons. The summed E-state index contributed by atoms with van der Waals surface area (Å²) in [7, 11) is 0. The monoisotopic (exact) mass is 376 g/mol. The molecule has 4 nitrogen and oxygen atoms in total. The fraction of sp³-hybridized carbons (Fsp3) is 0.652. The lowest BCUT2D eigenvalue weighted by Crippen LogP contribution is -2.21. The Morgan fingerprint density at radius 2 is 1.41 bits per heavy atom. The normalized spacial score (nSPS) is 12.5. The first-order valence-electron chi connectivity index (χ1n) is 10.2. The third kappa shape index (κ3) is 10.2. The van der Waals surface area contributed by atoms with Crippen molar-refractivity contribution in [1.29, 1.82) is 0 Å². The predicted octanol–water partition coefficient (Wildman–Crippen LogP) is 6.19. The minimum Gasteiger partial charge on any atom is -0.462 e. The average Bonchev–Trinajstić information content (AvgIpc) is 2.59. The lowest BCUT2D eigenvalue weighted by Gasteiger charge is -2.23. The minimum atomic E-state index is -0.362. The molecule has 1 aromatic rings. The van der Waals surface area contributed by atoms with E-state index >= 15 is 0 Å². The topological polar surface area (TPSA) is 52.6 Å². The van der Waals surface area contributed by atoms with Crippen LogP contribution in [0.1, 0.15) is 100 Å². The molecule has 1 rings (SSSR count). The van der Waals surface area contributed by atoms with E-state index in [0.29, 0.717) is 17.7 Å². The van der Waals surface area contributed by atoms with Crippen LogP contribution in [0.2, 0.25) is 0 Å². The van der Waals surface area contributed by atoms with Gasteiger partial charge in [-0.15, -0.1) is 0 Å². The van der Waals surface area contributed by atoms with Gasteiger partial charge >= 0.3 is 11.9 Å². The minimum absolute atomic E-state index is 0.101. The van der Waals surface area contributed by atoms with Gasteiger partial charge in [-0.2, -0.15) is 0 Å². The van der Waals surface area contributed by atoms with Gasteiger partial charge < -0.3 is 9.47 Å². The molecular weight excluding hydrogens is 340 g/mol. The van der Waals surface area contributed by atoms with Gasteiger partial charge in [-0.3, -0.25) is 0 Å². The molecule has 0 N–H and O–H groups in total. The standard InChI is InChI=1S/C23H36O4/c1-6-7-8-9-10-11-16-26-21(24)19-12-14-20(15-13-19)22(25)27-18(2)17-23(3,4)5/h12-15,18H,6-11,16-17H2,1-5H3. The molecule has 0 spiro atoms. The molecular formula is C23H36O4. The molecule has 27 heavy (non-hydrogen) atoms. The van der Waals surface area contributed by atoms with Crippen molar-refractivity contribution < 1.29 is 19.1 Å². The van der Waals surface area contributed by atoms with Crippen LogP contribution in [-0.4, -0.2) is 24.6 Å². The number of ether oxygens (including phenoxy) is 2. The third-order valence-corrected chi connectivity index (χ3v) is 4.30. The Kier molecular flexibility index (Phi) is 10.1. The van der Waals surface area contributed by atoms with Gasteiger partial charge in [0.1, 0.15) is 0 Å². The fourth-order valence-corrected chi connectivity index (χ4v) is 3.03. The van der Waals surface area contributed by atoms with Gasteiger partial charge in [0.25, 0.3) is 0 Å². The number of carbonyl (C=O) groups is 2. The van der Waals surface area contributed by atoms with E-state index in [0.717, 1.165) is 19.3 Å². The van der Waals surface area contributed by atoms with Crippen LogP contribution in [0, 0.1) is 5.41 Å². The Balaban J connectivity index is 2.39. The lowest BCUT2D eigenvalue weighted by molar-refractivity contribution is 0.0252. The van der Waals surface area contributed by atoms with E-state index in [-0.39, 0.29) is 23.5 Å². The first-order chi connectivity index (χ1) is 12.7. The number of carbonyl (C=O) groups excluding carboxylic acids is 2. The molecule has 0 saturated carbocycles. The van der Waals surface area contributed by atoms with Crippen molar-refractivity contribution in [2.45, 2.75) is 85.7 Å². The van der Waals surface area contributed by atoms with E-state index in [9.17, 15) is 9.59 Å². The van der Waals surface area contributed by atoms with Crippen molar-refractivity contribution in [2.75, 3.05) is 6.61 Å². The van der Waals surface area contributed by atoms with Crippen molar-refractivity contribution in [2.24, 2.45) is 5.41 Å². The van der Waals surface area contributed by atoms with Gasteiger partial charge in [0.2, 0.25) is 0 Å². The fourth-order valence-electron chi connectivity index (χ4n) is 3.03. The highest BCUT2D eigenvalue weighted by atomic mass is 16.5. The van der Waals surface area contributed by atoms with Gasteiger partial charge in [-0.1, -0.05) is 59.8 Å². The highest BCUT2D eigenvalue weighted by molar-refractivity contribution is 5.93. The first kappa shape index (κ1) is 23.2. The van der Waals surface area contributed by atoms with Gasteiger partial charge in [0, 0.05) is 0 Å². The van der Waals surface area contributed by atoms with Crippen LogP contribution in [0.5, 0.6) is 0 Å². The molecule has 0 saturated heterocycles. The van der Waals surface area contributed by atoms with Crippen molar-refractivity contribution in [3.05, 3.63) is 35.4 Å². The van der Waals surface area contributed by atoms with Crippen molar-refractivity contribution in [3.8, 4) is 0 Å². The highest BCUT2D eigenvalue weighted by Gasteiger charge is 2.19. The molecule has 0 fully saturated rings. The number of hydrogen-bond donors (Lipinski definition) is 0. The van der Waals surface area contributed by atoms with Crippen LogP contribution in [0.3, 0.4) is 0 Å². The molecule has 0 amide bonds. The number of rotatable bonds is 11. The van der Waals surface area contributed by atoms with Crippen molar-refractivity contribution in [3.63, 3.8) is 0 Å². The van der Waals surface area contributed by atoms with Crippen molar-refractivity contribution >= 4 is 11.9 Å². The summed E-state index contributed by atoms with van der Waals surface area (Å²) >= 11 is 0. The number of hydrogen-bond acceptors (Lipinski definition) is 4. The SMILES string of the molecule is CCCCCCCCOC(=O)c1ccc(C(=O)OC(C)CC(C)(C)C)cc1. The summed E-state index contributed by atoms with van der Waals surface area (Å²) in [6.45, 7) is 10.9. The Labute approximate surface area is 164 Å². The molecule has 4 heteroatoms. The van der Waals surface area contributed by atoms with Gasteiger partial charge in [0.05, 0.1) is 23.8 Å². The molecule has 0 aliphatic heterocycles. The largest absolute Gasteiger partial charge is 0.462 e. The van der Waals surface area contributed by atoms with Crippen LogP contribution in [0.15, 0.2) is 24.3 Å². The zero-order valence-corrected chi connectivity index (χ0v) is 17.7. The molecule has 0 aliphatic rings. The summed E-state index contributed by atoms with van der Waals surface area (Å²) in [5.41, 5.74) is 1.01. The smallest absolute Gasteiger partial charge is 0.338 e. The van der Waals surface area contributed by atoms with Crippen molar-refractivity contribution in [1.82, 2.24) is 0 Å². The van der Waals surface area contributed by atoms with Crippen LogP contribution >= 0.6 is 0 Å². The molecule has 0 aromatic heterocycles. The Morgan fingerprint density at radius 3 is 1.96 bits per heavy atom.